The summed E-state index contributed by atoms with van der Waals surface area (Å²) in [6.07, 6.45) is 2.30. The molecule has 8 heteroatoms. The molecule has 0 radical (unpaired) electrons. The van der Waals surface area contributed by atoms with Crippen molar-refractivity contribution in [2.45, 2.75) is 13.0 Å². The van der Waals surface area contributed by atoms with Crippen LogP contribution in [-0.4, -0.2) is 31.9 Å². The summed E-state index contributed by atoms with van der Waals surface area (Å²) in [5, 5.41) is 10.6. The van der Waals surface area contributed by atoms with E-state index in [1.54, 1.807) is 41.3 Å². The highest BCUT2D eigenvalue weighted by Crippen LogP contribution is 2.12. The van der Waals surface area contributed by atoms with Crippen molar-refractivity contribution in [2.24, 2.45) is 0 Å². The number of alkyl halides is 2. The van der Waals surface area contributed by atoms with Crippen molar-refractivity contribution in [2.75, 3.05) is 5.32 Å². The first-order valence-electron chi connectivity index (χ1n) is 6.85. The van der Waals surface area contributed by atoms with Crippen LogP contribution in [0, 0.1) is 0 Å². The van der Waals surface area contributed by atoms with Crippen LogP contribution < -0.4 is 5.32 Å². The van der Waals surface area contributed by atoms with Gasteiger partial charge in [0.1, 0.15) is 6.54 Å². The second-order valence-electron chi connectivity index (χ2n) is 4.77. The first-order chi connectivity index (χ1) is 11.1. The van der Waals surface area contributed by atoms with Gasteiger partial charge in [-0.25, -0.2) is 13.5 Å². The fourth-order valence-corrected chi connectivity index (χ4v) is 2.07. The summed E-state index contributed by atoms with van der Waals surface area (Å²) in [5.74, 6) is -0.151. The highest BCUT2D eigenvalue weighted by Gasteiger charge is 2.11. The standard InChI is InChI=1S/C15H13F2N5O/c16-13(17)10-21-8-5-14(20-21)19-15(23)11-3-1-4-12(9-11)22-7-2-6-18-22/h1-9,13H,10H2,(H,19,20,23). The number of hydrogen-bond acceptors (Lipinski definition) is 3. The van der Waals surface area contributed by atoms with E-state index in [-0.39, 0.29) is 11.7 Å². The summed E-state index contributed by atoms with van der Waals surface area (Å²) in [5.41, 5.74) is 1.16. The quantitative estimate of drug-likeness (QED) is 0.786. The van der Waals surface area contributed by atoms with Crippen molar-refractivity contribution < 1.29 is 13.6 Å². The fraction of sp³-hybridized carbons (Fsp3) is 0.133. The van der Waals surface area contributed by atoms with Gasteiger partial charge in [0.25, 0.3) is 12.3 Å². The van der Waals surface area contributed by atoms with Crippen LogP contribution in [-0.2, 0) is 6.54 Å². The van der Waals surface area contributed by atoms with E-state index in [0.29, 0.717) is 5.56 Å². The van der Waals surface area contributed by atoms with Crippen molar-refractivity contribution >= 4 is 11.7 Å². The number of nitrogens with zero attached hydrogens (tertiary/aromatic N) is 4. The molecule has 118 valence electrons. The van der Waals surface area contributed by atoms with E-state index in [2.05, 4.69) is 15.5 Å². The molecule has 0 aliphatic rings. The highest BCUT2D eigenvalue weighted by atomic mass is 19.3. The number of hydrogen-bond donors (Lipinski definition) is 1. The summed E-state index contributed by atoms with van der Waals surface area (Å²) < 4.78 is 27.3. The Morgan fingerprint density at radius 1 is 1.22 bits per heavy atom. The summed E-state index contributed by atoms with van der Waals surface area (Å²) >= 11 is 0. The van der Waals surface area contributed by atoms with Crippen molar-refractivity contribution in [3.63, 3.8) is 0 Å². The summed E-state index contributed by atoms with van der Waals surface area (Å²) in [6.45, 7) is -0.509. The van der Waals surface area contributed by atoms with Crippen LogP contribution >= 0.6 is 0 Å². The summed E-state index contributed by atoms with van der Waals surface area (Å²) in [4.78, 5) is 12.2. The van der Waals surface area contributed by atoms with E-state index in [4.69, 9.17) is 0 Å². The van der Waals surface area contributed by atoms with Gasteiger partial charge in [0.15, 0.2) is 5.82 Å². The third-order valence-corrected chi connectivity index (χ3v) is 3.08. The van der Waals surface area contributed by atoms with Gasteiger partial charge in [-0.15, -0.1) is 0 Å². The minimum absolute atomic E-state index is 0.222. The van der Waals surface area contributed by atoms with Gasteiger partial charge in [-0.2, -0.15) is 10.2 Å². The minimum atomic E-state index is -2.50. The number of nitrogens with one attached hydrogen (secondary N) is 1. The zero-order valence-corrected chi connectivity index (χ0v) is 11.9. The zero-order valence-electron chi connectivity index (χ0n) is 11.9. The second kappa shape index (κ2) is 6.39. The molecule has 1 aromatic carbocycles. The molecular weight excluding hydrogens is 304 g/mol. The van der Waals surface area contributed by atoms with E-state index in [1.165, 1.54) is 12.3 Å². The monoisotopic (exact) mass is 317 g/mol. The van der Waals surface area contributed by atoms with Crippen molar-refractivity contribution in [3.05, 3.63) is 60.6 Å². The van der Waals surface area contributed by atoms with Crippen molar-refractivity contribution in [1.29, 1.82) is 0 Å². The maximum Gasteiger partial charge on any atom is 0.257 e. The van der Waals surface area contributed by atoms with Gasteiger partial charge in [-0.1, -0.05) is 6.07 Å². The molecule has 0 atom stereocenters. The number of rotatable bonds is 5. The molecule has 0 saturated heterocycles. The maximum absolute atomic E-state index is 12.3. The molecule has 1 amide bonds. The molecule has 3 aromatic rings. The van der Waals surface area contributed by atoms with E-state index < -0.39 is 13.0 Å². The number of amides is 1. The molecule has 0 unspecified atom stereocenters. The Kier molecular flexibility index (Phi) is 4.13. The Morgan fingerprint density at radius 3 is 2.83 bits per heavy atom. The Hall–Kier alpha value is -3.03. The van der Waals surface area contributed by atoms with E-state index in [1.807, 2.05) is 6.07 Å². The lowest BCUT2D eigenvalue weighted by Crippen LogP contribution is -2.14. The SMILES string of the molecule is O=C(Nc1ccn(CC(F)F)n1)c1cccc(-n2cccn2)c1. The first-order valence-corrected chi connectivity index (χ1v) is 6.85. The molecule has 0 saturated carbocycles. The average Bonchev–Trinajstić information content (AvgIpc) is 3.19. The zero-order chi connectivity index (χ0) is 16.2. The van der Waals surface area contributed by atoms with Crippen LogP contribution in [0.5, 0.6) is 0 Å². The second-order valence-corrected chi connectivity index (χ2v) is 4.77. The lowest BCUT2D eigenvalue weighted by atomic mass is 10.2. The number of carbonyl (C=O) groups is 1. The molecule has 1 N–H and O–H groups in total. The number of anilines is 1. The summed E-state index contributed by atoms with van der Waals surface area (Å²) in [7, 11) is 0. The normalized spacial score (nSPS) is 10.9. The molecule has 2 aromatic heterocycles. The van der Waals surface area contributed by atoms with Crippen molar-refractivity contribution in [3.8, 4) is 5.69 Å². The molecule has 0 aliphatic carbocycles. The molecule has 6 nitrogen and oxygen atoms in total. The van der Waals surface area contributed by atoms with E-state index in [9.17, 15) is 13.6 Å². The molecule has 0 spiro atoms. The number of benzene rings is 1. The summed E-state index contributed by atoms with van der Waals surface area (Å²) in [6, 6.07) is 10.1. The smallest absolute Gasteiger partial charge is 0.257 e. The van der Waals surface area contributed by atoms with Crippen LogP contribution in [0.3, 0.4) is 0 Å². The van der Waals surface area contributed by atoms with Gasteiger partial charge in [-0.05, 0) is 24.3 Å². The first kappa shape index (κ1) is 14.9. The molecule has 23 heavy (non-hydrogen) atoms. The fourth-order valence-electron chi connectivity index (χ4n) is 2.07. The van der Waals surface area contributed by atoms with Gasteiger partial charge >= 0.3 is 0 Å². The number of aromatic nitrogens is 4. The van der Waals surface area contributed by atoms with Crippen LogP contribution in [0.2, 0.25) is 0 Å². The number of halogens is 2. The molecule has 0 bridgehead atoms. The molecule has 3 rings (SSSR count). The Morgan fingerprint density at radius 2 is 2.09 bits per heavy atom. The van der Waals surface area contributed by atoms with Gasteiger partial charge in [-0.3, -0.25) is 9.48 Å². The predicted molar refractivity (Wildman–Crippen MR) is 79.7 cm³/mol. The third-order valence-electron chi connectivity index (χ3n) is 3.08. The van der Waals surface area contributed by atoms with Gasteiger partial charge < -0.3 is 5.32 Å². The van der Waals surface area contributed by atoms with Gasteiger partial charge in [0.2, 0.25) is 0 Å². The Labute approximate surface area is 130 Å². The average molecular weight is 317 g/mol. The number of carbonyl (C=O) groups excluding carboxylic acids is 1. The Bertz CT molecular complexity index is 798. The minimum Gasteiger partial charge on any atom is -0.305 e. The van der Waals surface area contributed by atoms with E-state index >= 15 is 0 Å². The van der Waals surface area contributed by atoms with Crippen LogP contribution in [0.25, 0.3) is 5.69 Å². The van der Waals surface area contributed by atoms with Crippen LogP contribution in [0.4, 0.5) is 14.6 Å². The van der Waals surface area contributed by atoms with Crippen LogP contribution in [0.15, 0.2) is 55.0 Å². The van der Waals surface area contributed by atoms with Crippen LogP contribution in [0.1, 0.15) is 10.4 Å². The lowest BCUT2D eigenvalue weighted by molar-refractivity contribution is 0.102. The molecule has 0 aliphatic heterocycles. The Balaban J connectivity index is 1.73. The largest absolute Gasteiger partial charge is 0.305 e. The predicted octanol–water partition coefficient (Wildman–Crippen LogP) is 2.59. The van der Waals surface area contributed by atoms with Crippen molar-refractivity contribution in [1.82, 2.24) is 19.6 Å². The van der Waals surface area contributed by atoms with Gasteiger partial charge in [0.05, 0.1) is 5.69 Å². The molecular formula is C15H13F2N5O. The van der Waals surface area contributed by atoms with E-state index in [0.717, 1.165) is 10.4 Å². The maximum atomic E-state index is 12.3. The lowest BCUT2D eigenvalue weighted by Gasteiger charge is -2.05. The topological polar surface area (TPSA) is 64.7 Å². The van der Waals surface area contributed by atoms with Gasteiger partial charge in [0, 0.05) is 30.2 Å². The third kappa shape index (κ3) is 3.60. The highest BCUT2D eigenvalue weighted by molar-refractivity contribution is 6.04. The molecule has 2 heterocycles. The molecule has 0 fully saturated rings.